The van der Waals surface area contributed by atoms with Gasteiger partial charge in [0.25, 0.3) is 6.71 Å². The minimum atomic E-state index is -0.0155. The van der Waals surface area contributed by atoms with Crippen molar-refractivity contribution in [1.82, 2.24) is 0 Å². The van der Waals surface area contributed by atoms with Gasteiger partial charge in [-0.1, -0.05) is 158 Å². The van der Waals surface area contributed by atoms with Crippen LogP contribution in [0.15, 0.2) is 103 Å². The van der Waals surface area contributed by atoms with Crippen LogP contribution >= 0.6 is 0 Å². The van der Waals surface area contributed by atoms with E-state index in [9.17, 15) is 0 Å². The molecule has 6 aromatic rings. The maximum atomic E-state index is 2.70. The summed E-state index contributed by atoms with van der Waals surface area (Å²) < 4.78 is 0. The molecule has 65 heavy (non-hydrogen) atoms. The molecule has 0 saturated carbocycles. The van der Waals surface area contributed by atoms with Gasteiger partial charge in [-0.15, -0.1) is 0 Å². The van der Waals surface area contributed by atoms with Crippen molar-refractivity contribution in [3.8, 4) is 11.1 Å². The Morgan fingerprint density at radius 3 is 1.42 bits per heavy atom. The van der Waals surface area contributed by atoms with Gasteiger partial charge in [-0.25, -0.2) is 0 Å². The fourth-order valence-corrected chi connectivity index (χ4v) is 12.2. The van der Waals surface area contributed by atoms with E-state index < -0.39 is 0 Å². The molecule has 0 fully saturated rings. The van der Waals surface area contributed by atoms with Gasteiger partial charge in [0, 0.05) is 34.0 Å². The third-order valence-electron chi connectivity index (χ3n) is 16.6. The molecule has 2 nitrogen and oxygen atoms in total. The first kappa shape index (κ1) is 43.9. The Labute approximate surface area is 393 Å². The molecule has 2 aliphatic heterocycles. The Balaban J connectivity index is 1.35. The molecule has 0 unspecified atom stereocenters. The van der Waals surface area contributed by atoms with Crippen LogP contribution in [0.2, 0.25) is 0 Å². The van der Waals surface area contributed by atoms with Crippen LogP contribution < -0.4 is 26.2 Å². The van der Waals surface area contributed by atoms with Gasteiger partial charge in [0.15, 0.2) is 0 Å². The highest BCUT2D eigenvalue weighted by Gasteiger charge is 2.48. The molecular formula is C62H73BN2. The lowest BCUT2D eigenvalue weighted by molar-refractivity contribution is 0.332. The minimum Gasteiger partial charge on any atom is -0.311 e. The third kappa shape index (κ3) is 6.87. The van der Waals surface area contributed by atoms with Crippen LogP contribution in [0.3, 0.4) is 0 Å². The maximum absolute atomic E-state index is 2.70. The summed E-state index contributed by atoms with van der Waals surface area (Å²) in [5.74, 6) is 0. The molecule has 0 radical (unpaired) electrons. The largest absolute Gasteiger partial charge is 0.311 e. The highest BCUT2D eigenvalue weighted by atomic mass is 15.2. The number of aryl methyl sites for hydroxylation is 2. The van der Waals surface area contributed by atoms with Gasteiger partial charge in [-0.2, -0.15) is 0 Å². The average Bonchev–Trinajstić information content (AvgIpc) is 3.23. The topological polar surface area (TPSA) is 6.48 Å². The molecule has 10 rings (SSSR count). The van der Waals surface area contributed by atoms with Crippen molar-refractivity contribution < 1.29 is 0 Å². The van der Waals surface area contributed by atoms with Crippen LogP contribution in [0.1, 0.15) is 167 Å². The number of benzene rings is 6. The number of anilines is 6. The van der Waals surface area contributed by atoms with Gasteiger partial charge >= 0.3 is 0 Å². The van der Waals surface area contributed by atoms with E-state index in [0.29, 0.717) is 0 Å². The Morgan fingerprint density at radius 2 is 0.877 bits per heavy atom. The molecule has 2 heterocycles. The van der Waals surface area contributed by atoms with Crippen LogP contribution in [0.5, 0.6) is 0 Å². The monoisotopic (exact) mass is 857 g/mol. The normalized spacial score (nSPS) is 18.6. The molecular weight excluding hydrogens is 784 g/mol. The molecule has 334 valence electrons. The van der Waals surface area contributed by atoms with Crippen molar-refractivity contribution in [3.05, 3.63) is 148 Å². The predicted octanol–water partition coefficient (Wildman–Crippen LogP) is 15.3. The molecule has 0 saturated heterocycles. The summed E-state index contributed by atoms with van der Waals surface area (Å²) in [6.45, 7) is 38.7. The molecule has 4 aliphatic rings. The Hall–Kier alpha value is -5.02. The van der Waals surface area contributed by atoms with Crippen molar-refractivity contribution in [1.29, 1.82) is 0 Å². The zero-order valence-corrected chi connectivity index (χ0v) is 42.6. The number of hydrogen-bond acceptors (Lipinski definition) is 2. The second-order valence-corrected chi connectivity index (χ2v) is 25.4. The van der Waals surface area contributed by atoms with E-state index >= 15 is 0 Å². The lowest BCUT2D eigenvalue weighted by atomic mass is 9.33. The number of rotatable bonds is 3. The molecule has 0 atom stereocenters. The van der Waals surface area contributed by atoms with Gasteiger partial charge in [0.05, 0.1) is 5.69 Å². The standard InChI is InChI=1S/C62H73BN2/c1-38-30-54-56-55(31-38)65(52-36-46-44(32-39(52)2)59(9,10)26-28-61(46,13)14)51-25-23-42(58(6,7)8)34-48(51)63(56)49-35-45-47(62(15,16)29-27-60(45,11)12)37-53(49)64(54)50-24-22-41(57(3,4)5)33-43(50)40-20-18-17-19-21-40/h17-25,30-37H,26-29H2,1-16H3. The van der Waals surface area contributed by atoms with Gasteiger partial charge < -0.3 is 9.80 Å². The summed E-state index contributed by atoms with van der Waals surface area (Å²) in [6.07, 6.45) is 4.74. The van der Waals surface area contributed by atoms with Crippen molar-refractivity contribution >= 4 is 57.2 Å². The molecule has 0 amide bonds. The first-order chi connectivity index (χ1) is 30.3. The maximum Gasteiger partial charge on any atom is 0.252 e. The van der Waals surface area contributed by atoms with E-state index in [1.54, 1.807) is 0 Å². The summed E-state index contributed by atoms with van der Waals surface area (Å²) in [5.41, 5.74) is 26.2. The molecule has 0 N–H and O–H groups in total. The van der Waals surface area contributed by atoms with Gasteiger partial charge in [0.2, 0.25) is 0 Å². The number of hydrogen-bond donors (Lipinski definition) is 0. The minimum absolute atomic E-state index is 0.00434. The first-order valence-electron chi connectivity index (χ1n) is 24.7. The molecule has 2 aliphatic carbocycles. The van der Waals surface area contributed by atoms with Crippen molar-refractivity contribution in [2.45, 2.75) is 169 Å². The van der Waals surface area contributed by atoms with Crippen LogP contribution in [0.4, 0.5) is 34.1 Å². The summed E-state index contributed by atoms with van der Waals surface area (Å²) in [6, 6.07) is 41.5. The van der Waals surface area contributed by atoms with E-state index in [1.165, 1.54) is 132 Å². The van der Waals surface area contributed by atoms with Gasteiger partial charge in [0.1, 0.15) is 0 Å². The smallest absolute Gasteiger partial charge is 0.252 e. The van der Waals surface area contributed by atoms with E-state index in [2.05, 4.69) is 224 Å². The molecule has 3 heteroatoms. The van der Waals surface area contributed by atoms with Crippen LogP contribution in [0.25, 0.3) is 11.1 Å². The van der Waals surface area contributed by atoms with E-state index in [0.717, 1.165) is 0 Å². The number of fused-ring (bicyclic) bond motifs is 6. The van der Waals surface area contributed by atoms with Gasteiger partial charge in [-0.05, 0) is 181 Å². The molecule has 0 spiro atoms. The Bertz CT molecular complexity index is 2930. The third-order valence-corrected chi connectivity index (χ3v) is 16.6. The van der Waals surface area contributed by atoms with E-state index in [-0.39, 0.29) is 39.2 Å². The summed E-state index contributed by atoms with van der Waals surface area (Å²) in [5, 5.41) is 0. The lowest BCUT2D eigenvalue weighted by Gasteiger charge is -2.48. The SMILES string of the molecule is Cc1cc2c3c(c1)N(c1ccc(C(C)(C)C)cc1-c1ccccc1)c1cc4c(cc1B3c1cc(C(C)(C)C)ccc1N2c1cc2c(cc1C)C(C)(C)CCC2(C)C)C(C)(C)CCC4(C)C. The first-order valence-corrected chi connectivity index (χ1v) is 24.7. The zero-order chi connectivity index (χ0) is 46.6. The van der Waals surface area contributed by atoms with Crippen molar-refractivity contribution in [2.24, 2.45) is 0 Å². The van der Waals surface area contributed by atoms with Crippen molar-refractivity contribution in [3.63, 3.8) is 0 Å². The molecule has 0 aromatic heterocycles. The Morgan fingerprint density at radius 1 is 0.431 bits per heavy atom. The van der Waals surface area contributed by atoms with Crippen LogP contribution in [-0.2, 0) is 32.5 Å². The Kier molecular flexibility index (Phi) is 9.61. The van der Waals surface area contributed by atoms with Crippen LogP contribution in [0, 0.1) is 13.8 Å². The highest BCUT2D eigenvalue weighted by Crippen LogP contribution is 2.54. The van der Waals surface area contributed by atoms with Crippen molar-refractivity contribution in [2.75, 3.05) is 9.80 Å². The van der Waals surface area contributed by atoms with E-state index in [1.807, 2.05) is 0 Å². The zero-order valence-electron chi connectivity index (χ0n) is 42.6. The van der Waals surface area contributed by atoms with Crippen LogP contribution in [-0.4, -0.2) is 6.71 Å². The highest BCUT2D eigenvalue weighted by molar-refractivity contribution is 7.00. The fraction of sp³-hybridized carbons (Fsp3) is 0.419. The average molecular weight is 857 g/mol. The quantitative estimate of drug-likeness (QED) is 0.163. The summed E-state index contributed by atoms with van der Waals surface area (Å²) in [7, 11) is 0. The fourth-order valence-electron chi connectivity index (χ4n) is 12.2. The van der Waals surface area contributed by atoms with Gasteiger partial charge in [-0.3, -0.25) is 0 Å². The second-order valence-electron chi connectivity index (χ2n) is 25.4. The molecule has 0 bridgehead atoms. The summed E-state index contributed by atoms with van der Waals surface area (Å²) in [4.78, 5) is 5.39. The number of nitrogens with zero attached hydrogens (tertiary/aromatic N) is 2. The predicted molar refractivity (Wildman–Crippen MR) is 283 cm³/mol. The van der Waals surface area contributed by atoms with E-state index in [4.69, 9.17) is 0 Å². The molecule has 6 aromatic carbocycles. The lowest BCUT2D eigenvalue weighted by Crippen LogP contribution is -2.62. The summed E-state index contributed by atoms with van der Waals surface area (Å²) >= 11 is 0. The second kappa shape index (κ2) is 14.2.